The van der Waals surface area contributed by atoms with E-state index in [0.29, 0.717) is 319 Å². The summed E-state index contributed by atoms with van der Waals surface area (Å²) in [5.41, 5.74) is 1.37. The van der Waals surface area contributed by atoms with Gasteiger partial charge >= 0.3 is 0 Å². The van der Waals surface area contributed by atoms with Crippen molar-refractivity contribution in [2.75, 3.05) is 0 Å². The summed E-state index contributed by atoms with van der Waals surface area (Å²) in [7, 11) is 0. The van der Waals surface area contributed by atoms with Gasteiger partial charge in [-0.15, -0.1) is 0 Å². The lowest BCUT2D eigenvalue weighted by atomic mass is 9.56. The normalized spacial score (nSPS) is 28.7. The zero-order valence-corrected chi connectivity index (χ0v) is 112. The fourth-order valence-electron chi connectivity index (χ4n) is 34.5. The Morgan fingerprint density at radius 3 is 0.378 bits per heavy atom. The Kier molecular flexibility index (Phi) is 56.7. The van der Waals surface area contributed by atoms with Gasteiger partial charge in [-0.25, -0.2) is 0 Å². The van der Waals surface area contributed by atoms with Gasteiger partial charge < -0.3 is 0 Å². The molecule has 0 heterocycles. The van der Waals surface area contributed by atoms with Crippen molar-refractivity contribution >= 4 is 0 Å². The Hall–Kier alpha value is 0. The van der Waals surface area contributed by atoms with Gasteiger partial charge in [0.2, 0.25) is 0 Å². The van der Waals surface area contributed by atoms with E-state index in [1.54, 1.807) is 0 Å². The second-order valence-corrected chi connectivity index (χ2v) is 62.8. The molecule has 143 heavy (non-hydrogen) atoms. The van der Waals surface area contributed by atoms with Crippen molar-refractivity contribution in [2.24, 2.45) is 407 Å². The molecule has 0 amide bonds. The standard InChI is InChI=1S/C143H284/c1-75(2)78(6)80(8)82(10)84(12)86(14)88(16)90(18)92(20)94(22)96(24)98(26)100(28)102(30)103(31)104(32)105(33)106(34)107(35)108(36)109(37)110(38)111(39)112(40)114(42)116(44)118(46)120(48)122(50)124(52)126(54)128(56)130(58)132(60)134(62)136(64)138(66)142(69,70)137(65)135(63)133(61)131(59)129(57)127(55)125(53)123(51)121(49)119(47)117(45)115(43)113(41)101(29)99(27)97(25)95(23)93(21)91(19)89(17)87(15)85(13)83(11)81(9)79(7)77(5)74-141(67,68)139-73-140(139)143(71-72-143)76(3)4/h75-140H,71-74H2,1-70H3. The summed E-state index contributed by atoms with van der Waals surface area (Å²) < 4.78 is 0. The molecule has 0 N–H and O–H groups in total. The molecule has 0 saturated heterocycles. The SMILES string of the molecule is CC(C)C(C)C(C)C(C)C(C)C(C)C(C)C(C)C(C)C(C)C(C)C(C)C(C)C(C)C(C)C(C)C(C)C(C)C(C)C(C)C(C)C(C)C(C)C(C)C(C)C(C)C(C)C(C)C(C)C(C)C(C)C(C)C(C)C(C)C(C)C(C)C(C)C(C)(C)C(C)C(C)C(C)C(C)C(C)C(C)C(C)C(C)C(C)C(C)C(C)C(C)C(C)C(C)C(C)C(C)C(C)C(C)C(C)C(C)C(C)C(C)C(C)C(C)C(C)C(C)CC(C)(C)C1CC1C1(C(C)C)CC1. The maximum atomic E-state index is 2.68. The molecule has 0 aromatic carbocycles. The second kappa shape index (κ2) is 58.3. The number of rotatable bonds is 68. The summed E-state index contributed by atoms with van der Waals surface area (Å²) >= 11 is 0. The predicted molar refractivity (Wildman–Crippen MR) is 653 cm³/mol. The van der Waals surface area contributed by atoms with Gasteiger partial charge in [-0.2, -0.15) is 0 Å². The van der Waals surface area contributed by atoms with Crippen LogP contribution in [-0.4, -0.2) is 0 Å². The predicted octanol–water partition coefficient (Wildman–Crippen LogP) is 45.6. The average molecular weight is 2000 g/mol. The molecule has 0 aliphatic heterocycles. The minimum Gasteiger partial charge on any atom is -0.0625 e. The summed E-state index contributed by atoms with van der Waals surface area (Å²) in [6.45, 7) is 184. The van der Waals surface area contributed by atoms with Gasteiger partial charge in [-0.05, 0) is 433 Å². The van der Waals surface area contributed by atoms with Gasteiger partial charge in [0, 0.05) is 0 Å². The van der Waals surface area contributed by atoms with Gasteiger partial charge in [0.05, 0.1) is 0 Å². The van der Waals surface area contributed by atoms with Crippen molar-refractivity contribution in [3.05, 3.63) is 0 Å². The van der Waals surface area contributed by atoms with Crippen LogP contribution in [0.1, 0.15) is 510 Å². The first-order chi connectivity index (χ1) is 65.0. The monoisotopic (exact) mass is 2000 g/mol. The van der Waals surface area contributed by atoms with Gasteiger partial charge in [0.25, 0.3) is 0 Å². The molecular weight excluding hydrogens is 1720 g/mol. The largest absolute Gasteiger partial charge is 0.0625 e. The third kappa shape index (κ3) is 33.1. The molecule has 64 unspecified atom stereocenters. The Labute approximate surface area is 911 Å². The van der Waals surface area contributed by atoms with Gasteiger partial charge in [-0.1, -0.05) is 485 Å². The van der Waals surface area contributed by atoms with E-state index in [2.05, 4.69) is 485 Å². The van der Waals surface area contributed by atoms with Crippen LogP contribution in [-0.2, 0) is 0 Å². The molecule has 2 saturated carbocycles. The zero-order valence-electron chi connectivity index (χ0n) is 112. The molecule has 0 spiro atoms. The lowest BCUT2D eigenvalue weighted by molar-refractivity contribution is -0.00360. The van der Waals surface area contributed by atoms with Crippen LogP contribution in [0.3, 0.4) is 0 Å². The van der Waals surface area contributed by atoms with Crippen LogP contribution in [0.15, 0.2) is 0 Å². The molecule has 0 nitrogen and oxygen atoms in total. The Morgan fingerprint density at radius 1 is 0.154 bits per heavy atom. The van der Waals surface area contributed by atoms with E-state index in [0.717, 1.165) is 82.9 Å². The third-order valence-electron chi connectivity index (χ3n) is 58.5. The van der Waals surface area contributed by atoms with Crippen molar-refractivity contribution < 1.29 is 0 Å². The van der Waals surface area contributed by atoms with Gasteiger partial charge in [0.15, 0.2) is 0 Å². The molecule has 2 rings (SSSR count). The lowest BCUT2D eigenvalue weighted by Gasteiger charge is -2.49. The molecule has 0 heteroatoms. The van der Waals surface area contributed by atoms with Crippen LogP contribution in [0.5, 0.6) is 0 Å². The highest BCUT2D eigenvalue weighted by atomic mass is 14.7. The molecule has 2 aliphatic rings. The fraction of sp³-hybridized carbons (Fsp3) is 1.00. The fourth-order valence-corrected chi connectivity index (χ4v) is 34.5. The summed E-state index contributed by atoms with van der Waals surface area (Å²) in [5, 5.41) is 0. The minimum atomic E-state index is 0.221. The van der Waals surface area contributed by atoms with E-state index in [1.165, 1.54) is 25.7 Å². The van der Waals surface area contributed by atoms with Gasteiger partial charge in [-0.3, -0.25) is 0 Å². The van der Waals surface area contributed by atoms with E-state index in [-0.39, 0.29) is 5.41 Å². The van der Waals surface area contributed by atoms with Crippen LogP contribution in [0.25, 0.3) is 0 Å². The van der Waals surface area contributed by atoms with Crippen molar-refractivity contribution in [2.45, 2.75) is 510 Å². The zero-order chi connectivity index (χ0) is 112. The van der Waals surface area contributed by atoms with Crippen LogP contribution in [0.2, 0.25) is 0 Å². The Morgan fingerprint density at radius 2 is 0.266 bits per heavy atom. The van der Waals surface area contributed by atoms with E-state index in [4.69, 9.17) is 0 Å². The molecule has 2 aliphatic carbocycles. The quantitative estimate of drug-likeness (QED) is 0.0569. The highest BCUT2D eigenvalue weighted by molar-refractivity contribution is 5.13. The number of hydrogen-bond acceptors (Lipinski definition) is 0. The first-order valence-electron chi connectivity index (χ1n) is 65.0. The van der Waals surface area contributed by atoms with Crippen molar-refractivity contribution in [3.63, 3.8) is 0 Å². The molecule has 0 aromatic rings. The molecule has 0 bridgehead atoms. The molecular formula is C143H284. The minimum absolute atomic E-state index is 0.221. The van der Waals surface area contributed by atoms with E-state index < -0.39 is 0 Å². The second-order valence-electron chi connectivity index (χ2n) is 62.8. The maximum Gasteiger partial charge on any atom is -0.0243 e. The van der Waals surface area contributed by atoms with E-state index in [9.17, 15) is 0 Å². The highest BCUT2D eigenvalue weighted by Gasteiger charge is 2.64. The average Bonchev–Trinajstić information content (AvgIpc) is 1.54. The highest BCUT2D eigenvalue weighted by Crippen LogP contribution is 2.72. The maximum absolute atomic E-state index is 2.68. The van der Waals surface area contributed by atoms with Crippen LogP contribution in [0.4, 0.5) is 0 Å². The van der Waals surface area contributed by atoms with Crippen LogP contribution < -0.4 is 0 Å². The Balaban J connectivity index is 2.07. The van der Waals surface area contributed by atoms with Crippen molar-refractivity contribution in [1.29, 1.82) is 0 Å². The smallest absolute Gasteiger partial charge is 0.0243 e. The first kappa shape index (κ1) is 139. The molecule has 0 radical (unpaired) electrons. The summed E-state index contributed by atoms with van der Waals surface area (Å²) in [6, 6.07) is 0. The van der Waals surface area contributed by atoms with Gasteiger partial charge in [0.1, 0.15) is 0 Å². The molecule has 2 fully saturated rings. The molecule has 64 atom stereocenters. The Bertz CT molecular complexity index is 3390. The summed E-state index contributed by atoms with van der Waals surface area (Å²) in [6.07, 6.45) is 5.87. The number of hydrogen-bond donors (Lipinski definition) is 0. The first-order valence-corrected chi connectivity index (χ1v) is 65.0. The van der Waals surface area contributed by atoms with E-state index >= 15 is 0 Å². The summed E-state index contributed by atoms with van der Waals surface area (Å²) in [4.78, 5) is 0. The molecule has 0 aromatic heterocycles. The van der Waals surface area contributed by atoms with Crippen LogP contribution in [0, 0.1) is 407 Å². The van der Waals surface area contributed by atoms with Crippen LogP contribution >= 0.6 is 0 Å². The lowest BCUT2D eigenvalue weighted by Crippen LogP contribution is -2.43. The van der Waals surface area contributed by atoms with Crippen molar-refractivity contribution in [1.82, 2.24) is 0 Å². The van der Waals surface area contributed by atoms with E-state index in [1.807, 2.05) is 0 Å². The third-order valence-corrected chi connectivity index (χ3v) is 58.5. The molecule has 856 valence electrons. The summed E-state index contributed by atoms with van der Waals surface area (Å²) in [5.74, 6) is 46.3. The topological polar surface area (TPSA) is 0 Å². The van der Waals surface area contributed by atoms with Crippen molar-refractivity contribution in [3.8, 4) is 0 Å².